The van der Waals surface area contributed by atoms with Crippen LogP contribution in [0.3, 0.4) is 0 Å². The Morgan fingerprint density at radius 3 is 2.94 bits per heavy atom. The van der Waals surface area contributed by atoms with E-state index >= 15 is 0 Å². The lowest BCUT2D eigenvalue weighted by Crippen LogP contribution is -2.22. The molecule has 0 spiro atoms. The normalized spacial score (nSPS) is 22.3. The SMILES string of the molecule is Cc1cc(C(CN)C2CCOC2)ccc1F. The lowest BCUT2D eigenvalue weighted by molar-refractivity contribution is 0.181. The minimum Gasteiger partial charge on any atom is -0.381 e. The molecule has 1 saturated heterocycles. The Bertz CT molecular complexity index is 361. The van der Waals surface area contributed by atoms with Crippen molar-refractivity contribution >= 4 is 0 Å². The van der Waals surface area contributed by atoms with Gasteiger partial charge in [-0.25, -0.2) is 4.39 Å². The minimum atomic E-state index is -0.151. The van der Waals surface area contributed by atoms with E-state index in [0.717, 1.165) is 25.2 Å². The van der Waals surface area contributed by atoms with Crippen LogP contribution in [0.2, 0.25) is 0 Å². The Morgan fingerprint density at radius 1 is 1.56 bits per heavy atom. The first-order valence-corrected chi connectivity index (χ1v) is 5.76. The van der Waals surface area contributed by atoms with Gasteiger partial charge in [0.15, 0.2) is 0 Å². The van der Waals surface area contributed by atoms with E-state index < -0.39 is 0 Å². The summed E-state index contributed by atoms with van der Waals surface area (Å²) in [6.45, 7) is 3.98. The van der Waals surface area contributed by atoms with Gasteiger partial charge >= 0.3 is 0 Å². The van der Waals surface area contributed by atoms with Gasteiger partial charge in [-0.1, -0.05) is 12.1 Å². The maximum Gasteiger partial charge on any atom is 0.126 e. The van der Waals surface area contributed by atoms with E-state index in [-0.39, 0.29) is 5.82 Å². The smallest absolute Gasteiger partial charge is 0.126 e. The molecule has 1 aliphatic rings. The second-order valence-electron chi connectivity index (χ2n) is 4.47. The number of nitrogens with two attached hydrogens (primary N) is 1. The number of rotatable bonds is 3. The molecule has 3 heteroatoms. The summed E-state index contributed by atoms with van der Waals surface area (Å²) in [5.74, 6) is 0.624. The Balaban J connectivity index is 2.22. The summed E-state index contributed by atoms with van der Waals surface area (Å²) in [6.07, 6.45) is 1.05. The van der Waals surface area contributed by atoms with Crippen molar-refractivity contribution in [3.05, 3.63) is 35.1 Å². The molecule has 1 fully saturated rings. The molecule has 1 heterocycles. The van der Waals surface area contributed by atoms with Crippen LogP contribution in [0.25, 0.3) is 0 Å². The third-order valence-corrected chi connectivity index (χ3v) is 3.40. The highest BCUT2D eigenvalue weighted by Crippen LogP contribution is 2.30. The second-order valence-corrected chi connectivity index (χ2v) is 4.47. The monoisotopic (exact) mass is 223 g/mol. The molecule has 2 N–H and O–H groups in total. The maximum absolute atomic E-state index is 13.2. The molecule has 0 saturated carbocycles. The predicted molar refractivity (Wildman–Crippen MR) is 61.9 cm³/mol. The first-order chi connectivity index (χ1) is 7.72. The molecule has 16 heavy (non-hydrogen) atoms. The fourth-order valence-electron chi connectivity index (χ4n) is 2.37. The summed E-state index contributed by atoms with van der Waals surface area (Å²) in [7, 11) is 0. The zero-order valence-corrected chi connectivity index (χ0v) is 9.58. The maximum atomic E-state index is 13.2. The third kappa shape index (κ3) is 2.25. The molecule has 0 radical (unpaired) electrons. The first kappa shape index (κ1) is 11.6. The number of hydrogen-bond donors (Lipinski definition) is 1. The van der Waals surface area contributed by atoms with Crippen LogP contribution >= 0.6 is 0 Å². The standard InChI is InChI=1S/C13H18FNO/c1-9-6-10(2-3-13(9)14)12(7-15)11-4-5-16-8-11/h2-3,6,11-12H,4-5,7-8,15H2,1H3. The molecular formula is C13H18FNO. The lowest BCUT2D eigenvalue weighted by Gasteiger charge is -2.21. The van der Waals surface area contributed by atoms with E-state index in [0.29, 0.717) is 23.9 Å². The molecule has 0 bridgehead atoms. The molecule has 2 unspecified atom stereocenters. The molecule has 2 rings (SSSR count). The van der Waals surface area contributed by atoms with Crippen molar-refractivity contribution in [1.82, 2.24) is 0 Å². The number of halogens is 1. The van der Waals surface area contributed by atoms with Crippen molar-refractivity contribution in [3.63, 3.8) is 0 Å². The second kappa shape index (κ2) is 4.93. The van der Waals surface area contributed by atoms with Crippen molar-refractivity contribution in [1.29, 1.82) is 0 Å². The van der Waals surface area contributed by atoms with Gasteiger partial charge in [0.1, 0.15) is 5.82 Å². The van der Waals surface area contributed by atoms with Gasteiger partial charge in [0.25, 0.3) is 0 Å². The highest BCUT2D eigenvalue weighted by molar-refractivity contribution is 5.27. The molecule has 2 atom stereocenters. The predicted octanol–water partition coefficient (Wildman–Crippen LogP) is 2.21. The van der Waals surface area contributed by atoms with Crippen LogP contribution in [0.5, 0.6) is 0 Å². The van der Waals surface area contributed by atoms with Gasteiger partial charge in [-0.3, -0.25) is 0 Å². The molecule has 2 nitrogen and oxygen atoms in total. The van der Waals surface area contributed by atoms with Crippen molar-refractivity contribution in [3.8, 4) is 0 Å². The van der Waals surface area contributed by atoms with Gasteiger partial charge in [-0.2, -0.15) is 0 Å². The number of aryl methyl sites for hydroxylation is 1. The van der Waals surface area contributed by atoms with Crippen LogP contribution in [0.4, 0.5) is 4.39 Å². The zero-order valence-electron chi connectivity index (χ0n) is 9.58. The topological polar surface area (TPSA) is 35.2 Å². The Labute approximate surface area is 95.6 Å². The Morgan fingerprint density at radius 2 is 2.38 bits per heavy atom. The lowest BCUT2D eigenvalue weighted by atomic mass is 9.85. The van der Waals surface area contributed by atoms with Crippen molar-refractivity contribution in [2.24, 2.45) is 11.7 Å². The molecule has 0 aromatic heterocycles. The summed E-state index contributed by atoms with van der Waals surface area (Å²) in [6, 6.07) is 5.28. The summed E-state index contributed by atoms with van der Waals surface area (Å²) in [5, 5.41) is 0. The van der Waals surface area contributed by atoms with E-state index in [1.165, 1.54) is 6.07 Å². The fourth-order valence-corrected chi connectivity index (χ4v) is 2.37. The van der Waals surface area contributed by atoms with Crippen LogP contribution in [-0.4, -0.2) is 19.8 Å². The first-order valence-electron chi connectivity index (χ1n) is 5.76. The van der Waals surface area contributed by atoms with Crippen molar-refractivity contribution < 1.29 is 9.13 Å². The van der Waals surface area contributed by atoms with E-state index in [4.69, 9.17) is 10.5 Å². The molecule has 1 aromatic rings. The van der Waals surface area contributed by atoms with Gasteiger partial charge in [-0.15, -0.1) is 0 Å². The molecule has 0 aliphatic carbocycles. The van der Waals surface area contributed by atoms with Crippen molar-refractivity contribution in [2.75, 3.05) is 19.8 Å². The van der Waals surface area contributed by atoms with E-state index in [1.807, 2.05) is 12.1 Å². The van der Waals surface area contributed by atoms with Gasteiger partial charge in [-0.05, 0) is 43.0 Å². The Hall–Kier alpha value is -0.930. The van der Waals surface area contributed by atoms with Gasteiger partial charge < -0.3 is 10.5 Å². The molecule has 88 valence electrons. The molecule has 1 aromatic carbocycles. The van der Waals surface area contributed by atoms with Gasteiger partial charge in [0.2, 0.25) is 0 Å². The number of benzene rings is 1. The van der Waals surface area contributed by atoms with Crippen LogP contribution in [0.1, 0.15) is 23.5 Å². The summed E-state index contributed by atoms with van der Waals surface area (Å²) >= 11 is 0. The average Bonchev–Trinajstić information content (AvgIpc) is 2.78. The molecule has 0 amide bonds. The third-order valence-electron chi connectivity index (χ3n) is 3.40. The van der Waals surface area contributed by atoms with E-state index in [1.54, 1.807) is 6.92 Å². The van der Waals surface area contributed by atoms with Crippen LogP contribution in [-0.2, 0) is 4.74 Å². The number of hydrogen-bond acceptors (Lipinski definition) is 2. The van der Waals surface area contributed by atoms with Gasteiger partial charge in [0, 0.05) is 12.5 Å². The summed E-state index contributed by atoms with van der Waals surface area (Å²) < 4.78 is 18.6. The minimum absolute atomic E-state index is 0.151. The summed E-state index contributed by atoms with van der Waals surface area (Å²) in [5.41, 5.74) is 7.65. The molecular weight excluding hydrogens is 205 g/mol. The zero-order chi connectivity index (χ0) is 11.5. The quantitative estimate of drug-likeness (QED) is 0.852. The van der Waals surface area contributed by atoms with Gasteiger partial charge in [0.05, 0.1) is 6.61 Å². The largest absolute Gasteiger partial charge is 0.381 e. The van der Waals surface area contributed by atoms with E-state index in [9.17, 15) is 4.39 Å². The van der Waals surface area contributed by atoms with Crippen LogP contribution in [0, 0.1) is 18.7 Å². The van der Waals surface area contributed by atoms with Crippen LogP contribution < -0.4 is 5.73 Å². The average molecular weight is 223 g/mol. The Kier molecular flexibility index (Phi) is 3.56. The fraction of sp³-hybridized carbons (Fsp3) is 0.538. The molecule has 1 aliphatic heterocycles. The number of ether oxygens (including phenoxy) is 1. The summed E-state index contributed by atoms with van der Waals surface area (Å²) in [4.78, 5) is 0. The van der Waals surface area contributed by atoms with Crippen molar-refractivity contribution in [2.45, 2.75) is 19.3 Å². The van der Waals surface area contributed by atoms with E-state index in [2.05, 4.69) is 0 Å². The highest BCUT2D eigenvalue weighted by atomic mass is 19.1. The highest BCUT2D eigenvalue weighted by Gasteiger charge is 2.26. The van der Waals surface area contributed by atoms with Crippen LogP contribution in [0.15, 0.2) is 18.2 Å².